The Morgan fingerprint density at radius 3 is 0.500 bits per heavy atom. The van der Waals surface area contributed by atoms with Gasteiger partial charge in [0.25, 0.3) is 0 Å². The van der Waals surface area contributed by atoms with Crippen molar-refractivity contribution in [1.82, 2.24) is 0 Å². The van der Waals surface area contributed by atoms with Gasteiger partial charge in [0.15, 0.2) is 0 Å². The van der Waals surface area contributed by atoms with Crippen LogP contribution in [-0.4, -0.2) is 0 Å². The van der Waals surface area contributed by atoms with E-state index in [4.69, 9.17) is 0 Å². The van der Waals surface area contributed by atoms with Gasteiger partial charge in [-0.25, -0.2) is 0 Å². The maximum absolute atomic E-state index is 3.22. The van der Waals surface area contributed by atoms with Crippen molar-refractivity contribution in [3.05, 3.63) is 0 Å². The Morgan fingerprint density at radius 1 is 0.500 bits per heavy atom. The van der Waals surface area contributed by atoms with Crippen molar-refractivity contribution in [3.8, 4) is 0 Å². The van der Waals surface area contributed by atoms with Crippen molar-refractivity contribution in [3.63, 3.8) is 0 Å². The van der Waals surface area contributed by atoms with Crippen LogP contribution in [0.25, 0.3) is 0 Å². The summed E-state index contributed by atoms with van der Waals surface area (Å²) in [6.45, 7) is 0. The van der Waals surface area contributed by atoms with Crippen LogP contribution in [0.4, 0.5) is 0 Å². The molecule has 0 unspecified atom stereocenters. The van der Waals surface area contributed by atoms with E-state index >= 15 is 0 Å². The Balaban J connectivity index is 0. The van der Waals surface area contributed by atoms with E-state index in [2.05, 4.69) is 80.6 Å². The second kappa shape index (κ2) is 11.2. The van der Waals surface area contributed by atoms with Gasteiger partial charge >= 0.3 is 102 Å². The third-order valence-corrected chi connectivity index (χ3v) is 0. The van der Waals surface area contributed by atoms with Gasteiger partial charge < -0.3 is 0 Å². The monoisotopic (exact) mass is 685 g/mol. The Kier molecular flexibility index (Phi) is 20.6. The summed E-state index contributed by atoms with van der Waals surface area (Å²) < 4.78 is 0. The van der Waals surface area contributed by atoms with Crippen molar-refractivity contribution in [2.45, 2.75) is 0 Å². The van der Waals surface area contributed by atoms with Crippen molar-refractivity contribution in [2.75, 3.05) is 0 Å². The zero-order valence-electron chi connectivity index (χ0n) is 2.90. The van der Waals surface area contributed by atoms with Crippen LogP contribution in [0.5, 0.6) is 0 Å². The molecule has 0 nitrogen and oxygen atoms in total. The maximum atomic E-state index is 3.22. The van der Waals surface area contributed by atoms with Crippen molar-refractivity contribution >= 4 is 80.6 Å². The standard InChI is InChI=1S/6BrH.2Pd/h6*1H;;/q;;;;;;2*+3/p-6. The first kappa shape index (κ1) is 14.7. The normalized spacial score (nSPS) is 11.2. The van der Waals surface area contributed by atoms with E-state index in [1.165, 1.54) is 0 Å². The molecule has 0 aliphatic rings. The van der Waals surface area contributed by atoms with Crippen LogP contribution in [-0.2, 0) is 21.4 Å². The summed E-state index contributed by atoms with van der Waals surface area (Å²) in [5.74, 6) is 0. The van der Waals surface area contributed by atoms with E-state index in [1.807, 2.05) is 0 Å². The zero-order valence-corrected chi connectivity index (χ0v) is 15.5. The van der Waals surface area contributed by atoms with Crippen LogP contribution in [0.3, 0.4) is 0 Å². The van der Waals surface area contributed by atoms with E-state index in [9.17, 15) is 0 Å². The van der Waals surface area contributed by atoms with Gasteiger partial charge in [0.2, 0.25) is 0 Å². The summed E-state index contributed by atoms with van der Waals surface area (Å²) in [5.41, 5.74) is 0. The fourth-order valence-corrected chi connectivity index (χ4v) is 0. The van der Waals surface area contributed by atoms with Crippen molar-refractivity contribution in [2.24, 2.45) is 0 Å². The van der Waals surface area contributed by atoms with Crippen LogP contribution in [0, 0.1) is 0 Å². The predicted octanol–water partition coefficient (Wildman–Crippen LogP) is 5.07. The fourth-order valence-electron chi connectivity index (χ4n) is 0. The minimum absolute atomic E-state index is 0.546. The van der Waals surface area contributed by atoms with E-state index < -0.39 is 21.4 Å². The summed E-state index contributed by atoms with van der Waals surface area (Å²) in [6, 6.07) is 0. The molecule has 0 radical (unpaired) electrons. The van der Waals surface area contributed by atoms with Gasteiger partial charge in [0.1, 0.15) is 0 Å². The van der Waals surface area contributed by atoms with Crippen molar-refractivity contribution in [1.29, 1.82) is 0 Å². The van der Waals surface area contributed by atoms with Crippen LogP contribution in [0.2, 0.25) is 0 Å². The molecule has 0 saturated heterocycles. The van der Waals surface area contributed by atoms with Gasteiger partial charge in [-0.05, 0) is 0 Å². The molecule has 0 aliphatic carbocycles. The molecule has 0 N–H and O–H groups in total. The molecule has 0 heterocycles. The second-order valence-electron chi connectivity index (χ2n) is 0.271. The topological polar surface area (TPSA) is 0 Å². The molecule has 0 aromatic heterocycles. The van der Waals surface area contributed by atoms with E-state index in [0.717, 1.165) is 0 Å². The quantitative estimate of drug-likeness (QED) is 0.312. The van der Waals surface area contributed by atoms with E-state index in [-0.39, 0.29) is 0 Å². The molecule has 0 rings (SSSR count). The molecule has 62 valence electrons. The summed E-state index contributed by atoms with van der Waals surface area (Å²) in [5, 5.41) is 0. The Morgan fingerprint density at radius 2 is 0.500 bits per heavy atom. The molecule has 0 aromatic rings. The minimum atomic E-state index is -0.546. The second-order valence-corrected chi connectivity index (χ2v) is 43.3. The molecule has 0 aliphatic heterocycles. The van der Waals surface area contributed by atoms with Crippen LogP contribution in [0.15, 0.2) is 0 Å². The van der Waals surface area contributed by atoms with Gasteiger partial charge in [-0.1, -0.05) is 0 Å². The summed E-state index contributed by atoms with van der Waals surface area (Å²) in [7, 11) is -1.09. The third-order valence-electron chi connectivity index (χ3n) is 0. The molecule has 0 spiro atoms. The van der Waals surface area contributed by atoms with Gasteiger partial charge in [-0.3, -0.25) is 0 Å². The van der Waals surface area contributed by atoms with Crippen LogP contribution >= 0.6 is 80.6 Å². The fraction of sp³-hybridized carbons (Fsp3) is 0. The van der Waals surface area contributed by atoms with Crippen molar-refractivity contribution < 1.29 is 21.4 Å². The number of hydrogen-bond donors (Lipinski definition) is 0. The molecule has 8 heavy (non-hydrogen) atoms. The molecule has 8 heteroatoms. The molecule has 0 fully saturated rings. The molecular formula is Br6Pd2. The first-order valence-electron chi connectivity index (χ1n) is 0.717. The Bertz CT molecular complexity index is 22.0. The third kappa shape index (κ3) is 48.9. The molecule has 0 saturated carbocycles. The van der Waals surface area contributed by atoms with Gasteiger partial charge in [0.05, 0.1) is 0 Å². The Labute approximate surface area is 99.3 Å². The summed E-state index contributed by atoms with van der Waals surface area (Å²) in [4.78, 5) is 0. The first-order valence-corrected chi connectivity index (χ1v) is 22.0. The number of hydrogen-bond acceptors (Lipinski definition) is 0. The van der Waals surface area contributed by atoms with Gasteiger partial charge in [-0.2, -0.15) is 0 Å². The predicted molar refractivity (Wildman–Crippen MR) is 53.6 cm³/mol. The molecule has 0 atom stereocenters. The summed E-state index contributed by atoms with van der Waals surface area (Å²) >= 11 is 19.3. The van der Waals surface area contributed by atoms with Gasteiger partial charge in [-0.15, -0.1) is 0 Å². The zero-order chi connectivity index (χ0) is 7.15. The average molecular weight is 692 g/mol. The van der Waals surface area contributed by atoms with Gasteiger partial charge in [0, 0.05) is 0 Å². The molecule has 0 amide bonds. The number of halogens is 6. The number of rotatable bonds is 0. The summed E-state index contributed by atoms with van der Waals surface area (Å²) in [6.07, 6.45) is 0. The van der Waals surface area contributed by atoms with Crippen LogP contribution in [0.1, 0.15) is 0 Å². The SMILES string of the molecule is [Br][Pd]([Br])[Br].[Br][Pd]([Br])[Br]. The van der Waals surface area contributed by atoms with Crippen LogP contribution < -0.4 is 0 Å². The molecular weight excluding hydrogens is 692 g/mol. The van der Waals surface area contributed by atoms with E-state index in [1.54, 1.807) is 0 Å². The Hall–Kier alpha value is 4.20. The molecule has 0 aromatic carbocycles. The molecule has 0 bridgehead atoms. The van der Waals surface area contributed by atoms with E-state index in [0.29, 0.717) is 0 Å². The average Bonchev–Trinajstić information content (AvgIpc) is 1.25. The first-order chi connectivity index (χ1) is 3.46.